The summed E-state index contributed by atoms with van der Waals surface area (Å²) in [5.74, 6) is 0.486. The predicted octanol–water partition coefficient (Wildman–Crippen LogP) is 3.18. The molecule has 2 aromatic rings. The van der Waals surface area contributed by atoms with Gasteiger partial charge in [-0.1, -0.05) is 12.1 Å². The minimum Gasteiger partial charge on any atom is -0.482 e. The van der Waals surface area contributed by atoms with Crippen LogP contribution >= 0.6 is 0 Å². The summed E-state index contributed by atoms with van der Waals surface area (Å²) in [4.78, 5) is 22.8. The zero-order valence-corrected chi connectivity index (χ0v) is 12.0. The number of esters is 1. The Morgan fingerprint density at radius 3 is 2.33 bits per heavy atom. The molecule has 0 atom stereocenters. The van der Waals surface area contributed by atoms with Crippen LogP contribution in [-0.2, 0) is 4.79 Å². The van der Waals surface area contributed by atoms with Crippen molar-refractivity contribution in [3.63, 3.8) is 0 Å². The van der Waals surface area contributed by atoms with Gasteiger partial charge in [0.1, 0.15) is 11.5 Å². The molecular formula is C17H16O4. The third-order valence-corrected chi connectivity index (χ3v) is 2.84. The van der Waals surface area contributed by atoms with Crippen molar-refractivity contribution in [2.24, 2.45) is 0 Å². The molecule has 0 radical (unpaired) electrons. The summed E-state index contributed by atoms with van der Waals surface area (Å²) in [6.45, 7) is 3.26. The van der Waals surface area contributed by atoms with Crippen LogP contribution < -0.4 is 9.47 Å². The van der Waals surface area contributed by atoms with E-state index in [4.69, 9.17) is 9.47 Å². The molecule has 0 aliphatic rings. The minimum atomic E-state index is -0.493. The first kappa shape index (κ1) is 14.8. The summed E-state index contributed by atoms with van der Waals surface area (Å²) >= 11 is 0. The van der Waals surface area contributed by atoms with Crippen LogP contribution in [0.5, 0.6) is 11.5 Å². The fourth-order valence-corrected chi connectivity index (χ4v) is 1.77. The number of aryl methyl sites for hydroxylation is 1. The van der Waals surface area contributed by atoms with E-state index in [0.29, 0.717) is 17.1 Å². The lowest BCUT2D eigenvalue weighted by atomic mass is 10.1. The molecule has 0 unspecified atom stereocenters. The van der Waals surface area contributed by atoms with Crippen molar-refractivity contribution < 1.29 is 19.1 Å². The first-order chi connectivity index (χ1) is 10.0. The standard InChI is InChI=1S/C17H16O4/c1-12-4-3-5-16(10-12)20-11-17(19)21-15-8-6-14(7-9-15)13(2)18/h3-10H,11H2,1-2H3. The third kappa shape index (κ3) is 4.45. The number of ether oxygens (including phenoxy) is 2. The second-order valence-electron chi connectivity index (χ2n) is 4.66. The van der Waals surface area contributed by atoms with Gasteiger partial charge in [-0.25, -0.2) is 4.79 Å². The Balaban J connectivity index is 1.88. The number of ketones is 1. The molecule has 0 bridgehead atoms. The van der Waals surface area contributed by atoms with Gasteiger partial charge in [0.25, 0.3) is 0 Å². The zero-order valence-electron chi connectivity index (χ0n) is 12.0. The van der Waals surface area contributed by atoms with E-state index in [2.05, 4.69) is 0 Å². The average molecular weight is 284 g/mol. The van der Waals surface area contributed by atoms with Gasteiger partial charge in [0.15, 0.2) is 12.4 Å². The van der Waals surface area contributed by atoms with E-state index in [0.717, 1.165) is 5.56 Å². The van der Waals surface area contributed by atoms with Gasteiger partial charge in [-0.15, -0.1) is 0 Å². The van der Waals surface area contributed by atoms with Crippen LogP contribution in [0.3, 0.4) is 0 Å². The van der Waals surface area contributed by atoms with Gasteiger partial charge in [0, 0.05) is 5.56 Å². The minimum absolute atomic E-state index is 0.0318. The van der Waals surface area contributed by atoms with Crippen molar-refractivity contribution in [2.45, 2.75) is 13.8 Å². The molecule has 0 aliphatic heterocycles. The van der Waals surface area contributed by atoms with Crippen molar-refractivity contribution >= 4 is 11.8 Å². The van der Waals surface area contributed by atoms with Crippen LogP contribution in [0.15, 0.2) is 48.5 Å². The molecule has 21 heavy (non-hydrogen) atoms. The predicted molar refractivity (Wildman–Crippen MR) is 78.8 cm³/mol. The van der Waals surface area contributed by atoms with E-state index in [-0.39, 0.29) is 12.4 Å². The molecule has 4 heteroatoms. The summed E-state index contributed by atoms with van der Waals surface area (Å²) in [6, 6.07) is 13.8. The Kier molecular flexibility index (Phi) is 4.72. The highest BCUT2D eigenvalue weighted by atomic mass is 16.6. The zero-order chi connectivity index (χ0) is 15.2. The molecule has 4 nitrogen and oxygen atoms in total. The van der Waals surface area contributed by atoms with E-state index >= 15 is 0 Å². The topological polar surface area (TPSA) is 52.6 Å². The summed E-state index contributed by atoms with van der Waals surface area (Å²) in [5.41, 5.74) is 1.63. The third-order valence-electron chi connectivity index (χ3n) is 2.84. The largest absolute Gasteiger partial charge is 0.482 e. The molecule has 0 saturated carbocycles. The highest BCUT2D eigenvalue weighted by Gasteiger charge is 2.07. The first-order valence-electron chi connectivity index (χ1n) is 6.56. The monoisotopic (exact) mass is 284 g/mol. The molecule has 0 saturated heterocycles. The van der Waals surface area contributed by atoms with Gasteiger partial charge >= 0.3 is 5.97 Å². The fourth-order valence-electron chi connectivity index (χ4n) is 1.77. The molecule has 2 rings (SSSR count). The lowest BCUT2D eigenvalue weighted by Crippen LogP contribution is -2.17. The van der Waals surface area contributed by atoms with Crippen molar-refractivity contribution in [3.05, 3.63) is 59.7 Å². The Labute approximate surface area is 123 Å². The van der Waals surface area contributed by atoms with Gasteiger partial charge in [-0.05, 0) is 55.8 Å². The van der Waals surface area contributed by atoms with E-state index in [9.17, 15) is 9.59 Å². The Hall–Kier alpha value is -2.62. The van der Waals surface area contributed by atoms with Crippen molar-refractivity contribution in [1.29, 1.82) is 0 Å². The van der Waals surface area contributed by atoms with Gasteiger partial charge in [-0.2, -0.15) is 0 Å². The molecule has 0 aliphatic carbocycles. The normalized spacial score (nSPS) is 10.0. The molecular weight excluding hydrogens is 268 g/mol. The maximum absolute atomic E-state index is 11.7. The number of carbonyl (C=O) groups excluding carboxylic acids is 2. The van der Waals surface area contributed by atoms with Crippen molar-refractivity contribution in [1.82, 2.24) is 0 Å². The maximum atomic E-state index is 11.7. The summed E-state index contributed by atoms with van der Waals surface area (Å²) in [7, 11) is 0. The van der Waals surface area contributed by atoms with Crippen LogP contribution in [0.2, 0.25) is 0 Å². The second kappa shape index (κ2) is 6.70. The summed E-state index contributed by atoms with van der Waals surface area (Å²) in [6.07, 6.45) is 0. The highest BCUT2D eigenvalue weighted by molar-refractivity contribution is 5.94. The Bertz CT molecular complexity index is 644. The van der Waals surface area contributed by atoms with E-state index in [1.165, 1.54) is 6.92 Å². The molecule has 2 aromatic carbocycles. The first-order valence-corrected chi connectivity index (χ1v) is 6.56. The van der Waals surface area contributed by atoms with Crippen LogP contribution in [0, 0.1) is 6.92 Å². The number of carbonyl (C=O) groups is 2. The number of benzene rings is 2. The molecule has 0 aromatic heterocycles. The van der Waals surface area contributed by atoms with E-state index in [1.807, 2.05) is 25.1 Å². The van der Waals surface area contributed by atoms with Gasteiger partial charge in [0.05, 0.1) is 0 Å². The van der Waals surface area contributed by atoms with Crippen molar-refractivity contribution in [2.75, 3.05) is 6.61 Å². The van der Waals surface area contributed by atoms with Crippen LogP contribution in [0.1, 0.15) is 22.8 Å². The van der Waals surface area contributed by atoms with Gasteiger partial charge < -0.3 is 9.47 Å². The molecule has 0 fully saturated rings. The number of hydrogen-bond donors (Lipinski definition) is 0. The Morgan fingerprint density at radius 2 is 1.71 bits per heavy atom. The number of Topliss-reactive ketones (excluding diaryl/α,β-unsaturated/α-hetero) is 1. The molecule has 0 amide bonds. The molecule has 108 valence electrons. The average Bonchev–Trinajstić information content (AvgIpc) is 2.46. The quantitative estimate of drug-likeness (QED) is 0.481. The maximum Gasteiger partial charge on any atom is 0.349 e. The number of hydrogen-bond acceptors (Lipinski definition) is 4. The van der Waals surface area contributed by atoms with Crippen molar-refractivity contribution in [3.8, 4) is 11.5 Å². The fraction of sp³-hybridized carbons (Fsp3) is 0.176. The summed E-state index contributed by atoms with van der Waals surface area (Å²) < 4.78 is 10.5. The molecule has 0 N–H and O–H groups in total. The molecule has 0 spiro atoms. The van der Waals surface area contributed by atoms with E-state index < -0.39 is 5.97 Å². The second-order valence-corrected chi connectivity index (χ2v) is 4.66. The summed E-state index contributed by atoms with van der Waals surface area (Å²) in [5, 5.41) is 0. The lowest BCUT2D eigenvalue weighted by molar-refractivity contribution is -0.136. The smallest absolute Gasteiger partial charge is 0.349 e. The van der Waals surface area contributed by atoms with E-state index in [1.54, 1.807) is 30.3 Å². The Morgan fingerprint density at radius 1 is 1.00 bits per heavy atom. The van der Waals surface area contributed by atoms with Crippen LogP contribution in [0.25, 0.3) is 0 Å². The van der Waals surface area contributed by atoms with Gasteiger partial charge in [-0.3, -0.25) is 4.79 Å². The van der Waals surface area contributed by atoms with Crippen LogP contribution in [0.4, 0.5) is 0 Å². The van der Waals surface area contributed by atoms with Crippen LogP contribution in [-0.4, -0.2) is 18.4 Å². The lowest BCUT2D eigenvalue weighted by Gasteiger charge is -2.07. The molecule has 0 heterocycles. The number of rotatable bonds is 5. The highest BCUT2D eigenvalue weighted by Crippen LogP contribution is 2.14. The SMILES string of the molecule is CC(=O)c1ccc(OC(=O)COc2cccc(C)c2)cc1. The van der Waals surface area contributed by atoms with Gasteiger partial charge in [0.2, 0.25) is 0 Å².